The number of ether oxygens (including phenoxy) is 1. The quantitative estimate of drug-likeness (QED) is 0.653. The molecule has 0 fully saturated rings. The molecule has 0 radical (unpaired) electrons. The van der Waals surface area contributed by atoms with Gasteiger partial charge in [0, 0.05) is 5.75 Å². The van der Waals surface area contributed by atoms with Crippen molar-refractivity contribution < 1.29 is 14.6 Å². The number of aliphatic hydroxyl groups is 1. The van der Waals surface area contributed by atoms with Crippen molar-refractivity contribution in [2.75, 3.05) is 18.1 Å². The highest BCUT2D eigenvalue weighted by molar-refractivity contribution is 7.99. The number of hydrogen-bond donors (Lipinski definition) is 1. The van der Waals surface area contributed by atoms with E-state index in [0.29, 0.717) is 18.3 Å². The maximum atomic E-state index is 11.0. The smallest absolute Gasteiger partial charge is 0.308 e. The van der Waals surface area contributed by atoms with Crippen LogP contribution in [-0.2, 0) is 9.53 Å². The number of thioether (sulfide) groups is 1. The second-order valence-corrected chi connectivity index (χ2v) is 4.79. The van der Waals surface area contributed by atoms with Gasteiger partial charge in [0.15, 0.2) is 0 Å². The van der Waals surface area contributed by atoms with E-state index in [1.165, 1.54) is 0 Å². The minimum absolute atomic E-state index is 0.112. The molecule has 0 bridgehead atoms. The van der Waals surface area contributed by atoms with Gasteiger partial charge in [-0.3, -0.25) is 4.79 Å². The average Bonchev–Trinajstić information content (AvgIpc) is 2.17. The van der Waals surface area contributed by atoms with Crippen LogP contribution in [-0.4, -0.2) is 35.3 Å². The van der Waals surface area contributed by atoms with Gasteiger partial charge in [0.25, 0.3) is 0 Å². The molecule has 4 heteroatoms. The molecule has 3 nitrogen and oxygen atoms in total. The lowest BCUT2D eigenvalue weighted by Crippen LogP contribution is -2.18. The van der Waals surface area contributed by atoms with E-state index in [4.69, 9.17) is 4.74 Å². The van der Waals surface area contributed by atoms with Crippen molar-refractivity contribution in [3.05, 3.63) is 0 Å². The van der Waals surface area contributed by atoms with Crippen molar-refractivity contribution in [2.24, 2.45) is 5.92 Å². The summed E-state index contributed by atoms with van der Waals surface area (Å²) in [4.78, 5) is 11.0. The summed E-state index contributed by atoms with van der Waals surface area (Å²) in [5.41, 5.74) is 0. The highest BCUT2D eigenvalue weighted by atomic mass is 32.2. The van der Waals surface area contributed by atoms with Gasteiger partial charge in [-0.25, -0.2) is 0 Å². The molecule has 0 heterocycles. The number of carbonyl (C=O) groups excluding carboxylic acids is 1. The molecule has 0 aromatic heterocycles. The predicted molar refractivity (Wildman–Crippen MR) is 64.0 cm³/mol. The lowest BCUT2D eigenvalue weighted by Gasteiger charge is -2.11. The summed E-state index contributed by atoms with van der Waals surface area (Å²) in [6.07, 6.45) is 0.695. The summed E-state index contributed by atoms with van der Waals surface area (Å²) < 4.78 is 4.75. The molecule has 0 aliphatic heterocycles. The van der Waals surface area contributed by atoms with Gasteiger partial charge < -0.3 is 9.84 Å². The molecule has 0 amide bonds. The predicted octanol–water partition coefficient (Wildman–Crippen LogP) is 2.08. The van der Waals surface area contributed by atoms with Crippen LogP contribution in [0.3, 0.4) is 0 Å². The molecular formula is C11H22O3S. The summed E-state index contributed by atoms with van der Waals surface area (Å²) >= 11 is 1.70. The van der Waals surface area contributed by atoms with E-state index < -0.39 is 6.10 Å². The van der Waals surface area contributed by atoms with Gasteiger partial charge in [-0.1, -0.05) is 20.3 Å². The van der Waals surface area contributed by atoms with E-state index >= 15 is 0 Å². The van der Waals surface area contributed by atoms with Gasteiger partial charge >= 0.3 is 5.97 Å². The van der Waals surface area contributed by atoms with Crippen molar-refractivity contribution in [1.29, 1.82) is 0 Å². The highest BCUT2D eigenvalue weighted by Gasteiger charge is 2.11. The van der Waals surface area contributed by atoms with E-state index in [1.807, 2.05) is 0 Å². The Morgan fingerprint density at radius 1 is 1.40 bits per heavy atom. The summed E-state index contributed by atoms with van der Waals surface area (Å²) in [5, 5.41) is 9.51. The highest BCUT2D eigenvalue weighted by Crippen LogP contribution is 2.13. The van der Waals surface area contributed by atoms with Gasteiger partial charge in [0.05, 0.1) is 19.1 Å². The number of aliphatic hydroxyl groups excluding tert-OH is 1. The first-order valence-electron chi connectivity index (χ1n) is 5.51. The van der Waals surface area contributed by atoms with Gasteiger partial charge in [-0.2, -0.15) is 11.8 Å². The molecule has 2 atom stereocenters. The lowest BCUT2D eigenvalue weighted by molar-refractivity contribution is -0.144. The van der Waals surface area contributed by atoms with E-state index in [2.05, 4.69) is 13.8 Å². The van der Waals surface area contributed by atoms with Crippen LogP contribution < -0.4 is 0 Å². The first-order chi connectivity index (χ1) is 7.10. The molecule has 0 aliphatic rings. The zero-order valence-electron chi connectivity index (χ0n) is 9.86. The summed E-state index contributed by atoms with van der Waals surface area (Å²) in [6.45, 7) is 6.48. The minimum Gasteiger partial charge on any atom is -0.466 e. The van der Waals surface area contributed by atoms with Crippen molar-refractivity contribution >= 4 is 17.7 Å². The van der Waals surface area contributed by atoms with Crippen LogP contribution in [0.1, 0.15) is 33.6 Å². The number of rotatable bonds is 8. The Morgan fingerprint density at radius 2 is 2.07 bits per heavy atom. The SMILES string of the molecule is CCOC(=O)CC(O)CSCC(C)CC. The molecule has 1 N–H and O–H groups in total. The van der Waals surface area contributed by atoms with Gasteiger partial charge in [0.2, 0.25) is 0 Å². The largest absolute Gasteiger partial charge is 0.466 e. The van der Waals surface area contributed by atoms with Crippen LogP contribution in [0.15, 0.2) is 0 Å². The maximum Gasteiger partial charge on any atom is 0.308 e. The lowest BCUT2D eigenvalue weighted by atomic mass is 10.2. The Balaban J connectivity index is 3.48. The number of carbonyl (C=O) groups is 1. The topological polar surface area (TPSA) is 46.5 Å². The number of esters is 1. The standard InChI is InChI=1S/C11H22O3S/c1-4-9(3)7-15-8-10(12)6-11(13)14-5-2/h9-10,12H,4-8H2,1-3H3. The van der Waals surface area contributed by atoms with Crippen LogP contribution >= 0.6 is 11.8 Å². The Labute approximate surface area is 96.6 Å². The average molecular weight is 234 g/mol. The van der Waals surface area contributed by atoms with Crippen molar-refractivity contribution in [2.45, 2.75) is 39.7 Å². The summed E-state index contributed by atoms with van der Waals surface area (Å²) in [6, 6.07) is 0. The van der Waals surface area contributed by atoms with Gasteiger partial charge in [0.1, 0.15) is 0 Å². The van der Waals surface area contributed by atoms with Crippen LogP contribution in [0.4, 0.5) is 0 Å². The van der Waals surface area contributed by atoms with E-state index in [-0.39, 0.29) is 12.4 Å². The van der Waals surface area contributed by atoms with Gasteiger partial charge in [-0.05, 0) is 18.6 Å². The summed E-state index contributed by atoms with van der Waals surface area (Å²) in [5.74, 6) is 2.01. The van der Waals surface area contributed by atoms with Crippen molar-refractivity contribution in [3.8, 4) is 0 Å². The van der Waals surface area contributed by atoms with Crippen molar-refractivity contribution in [3.63, 3.8) is 0 Å². The first-order valence-corrected chi connectivity index (χ1v) is 6.67. The molecule has 2 unspecified atom stereocenters. The molecule has 90 valence electrons. The second-order valence-electron chi connectivity index (χ2n) is 3.71. The third-order valence-electron chi connectivity index (χ3n) is 2.12. The second kappa shape index (κ2) is 9.04. The van der Waals surface area contributed by atoms with E-state index in [1.54, 1.807) is 18.7 Å². The molecule has 0 aromatic rings. The molecule has 0 saturated heterocycles. The Hall–Kier alpha value is -0.220. The van der Waals surface area contributed by atoms with Crippen LogP contribution in [0.5, 0.6) is 0 Å². The fourth-order valence-corrected chi connectivity index (χ4v) is 2.16. The molecule has 15 heavy (non-hydrogen) atoms. The Kier molecular flexibility index (Phi) is 8.91. The van der Waals surface area contributed by atoms with Crippen LogP contribution in [0, 0.1) is 5.92 Å². The van der Waals surface area contributed by atoms with E-state index in [0.717, 1.165) is 12.2 Å². The Bertz CT molecular complexity index is 173. The monoisotopic (exact) mass is 234 g/mol. The molecule has 0 aliphatic carbocycles. The fraction of sp³-hybridized carbons (Fsp3) is 0.909. The molecular weight excluding hydrogens is 212 g/mol. The zero-order valence-corrected chi connectivity index (χ0v) is 10.7. The maximum absolute atomic E-state index is 11.0. The molecule has 0 spiro atoms. The molecule has 0 rings (SSSR count). The van der Waals surface area contributed by atoms with E-state index in [9.17, 15) is 9.90 Å². The van der Waals surface area contributed by atoms with Crippen LogP contribution in [0.2, 0.25) is 0 Å². The fourth-order valence-electron chi connectivity index (χ4n) is 0.994. The number of hydrogen-bond acceptors (Lipinski definition) is 4. The third kappa shape index (κ3) is 8.75. The zero-order chi connectivity index (χ0) is 11.7. The van der Waals surface area contributed by atoms with Crippen LogP contribution in [0.25, 0.3) is 0 Å². The van der Waals surface area contributed by atoms with Crippen molar-refractivity contribution in [1.82, 2.24) is 0 Å². The normalized spacial score (nSPS) is 14.7. The summed E-state index contributed by atoms with van der Waals surface area (Å²) in [7, 11) is 0. The minimum atomic E-state index is -0.571. The van der Waals surface area contributed by atoms with Gasteiger partial charge in [-0.15, -0.1) is 0 Å². The first kappa shape index (κ1) is 14.8. The Morgan fingerprint density at radius 3 is 2.60 bits per heavy atom. The molecule has 0 aromatic carbocycles. The third-order valence-corrected chi connectivity index (χ3v) is 3.54. The molecule has 0 saturated carbocycles.